The van der Waals surface area contributed by atoms with Gasteiger partial charge < -0.3 is 14.2 Å². The van der Waals surface area contributed by atoms with Gasteiger partial charge in [0.2, 0.25) is 0 Å². The number of fused-ring (bicyclic) bond motifs is 1. The van der Waals surface area contributed by atoms with E-state index in [2.05, 4.69) is 15.9 Å². The predicted molar refractivity (Wildman–Crippen MR) is 95.4 cm³/mol. The van der Waals surface area contributed by atoms with Gasteiger partial charge in [0, 0.05) is 10.4 Å². The zero-order chi connectivity index (χ0) is 17.6. The Labute approximate surface area is 154 Å². The van der Waals surface area contributed by atoms with Gasteiger partial charge in [-0.1, -0.05) is 46.3 Å². The molecule has 3 rings (SSSR count). The summed E-state index contributed by atoms with van der Waals surface area (Å²) in [6, 6.07) is 14.5. The van der Waals surface area contributed by atoms with Crippen LogP contribution in [0.5, 0.6) is 11.5 Å². The fourth-order valence-electron chi connectivity index (χ4n) is 2.43. The van der Waals surface area contributed by atoms with Crippen LogP contribution >= 0.6 is 15.9 Å². The number of hydrogen-bond acceptors (Lipinski definition) is 5. The second-order valence-electron chi connectivity index (χ2n) is 5.52. The van der Waals surface area contributed by atoms with Gasteiger partial charge in [0.25, 0.3) is 0 Å². The maximum atomic E-state index is 12.2. The zero-order valence-electron chi connectivity index (χ0n) is 13.4. The third-order valence-corrected chi connectivity index (χ3v) is 4.59. The standard InChI is InChI=1S/C19H17BrO5/c20-15(13-4-2-1-3-5-13)11-19(22)25-12-16(21)14-6-7-17-18(10-14)24-9-8-23-17/h1-7,10,15H,8-9,11-12H2. The molecule has 2 aromatic rings. The largest absolute Gasteiger partial charge is 0.486 e. The van der Waals surface area contributed by atoms with Crippen LogP contribution in [-0.2, 0) is 9.53 Å². The summed E-state index contributed by atoms with van der Waals surface area (Å²) in [5.74, 6) is 0.436. The fourth-order valence-corrected chi connectivity index (χ4v) is 3.00. The summed E-state index contributed by atoms with van der Waals surface area (Å²) in [5.41, 5.74) is 1.41. The number of carbonyl (C=O) groups excluding carboxylic acids is 2. The van der Waals surface area contributed by atoms with E-state index in [0.717, 1.165) is 5.56 Å². The quantitative estimate of drug-likeness (QED) is 0.417. The Morgan fingerprint density at radius 1 is 1.04 bits per heavy atom. The maximum absolute atomic E-state index is 12.2. The number of Topliss-reactive ketones (excluding diaryl/α,β-unsaturated/α-hetero) is 1. The normalized spacial score (nSPS) is 13.8. The highest BCUT2D eigenvalue weighted by atomic mass is 79.9. The zero-order valence-corrected chi connectivity index (χ0v) is 15.0. The first kappa shape index (κ1) is 17.5. The van der Waals surface area contributed by atoms with E-state index in [-0.39, 0.29) is 23.6 Å². The first-order chi connectivity index (χ1) is 12.1. The van der Waals surface area contributed by atoms with Crippen LogP contribution in [0.3, 0.4) is 0 Å². The van der Waals surface area contributed by atoms with Crippen LogP contribution in [0.4, 0.5) is 0 Å². The molecule has 2 aromatic carbocycles. The Bertz CT molecular complexity index is 760. The van der Waals surface area contributed by atoms with Gasteiger partial charge in [-0.15, -0.1) is 0 Å². The van der Waals surface area contributed by atoms with E-state index < -0.39 is 5.97 Å². The number of halogens is 1. The summed E-state index contributed by atoms with van der Waals surface area (Å²) in [6.45, 7) is 0.645. The number of esters is 1. The van der Waals surface area contributed by atoms with Crippen molar-refractivity contribution in [2.24, 2.45) is 0 Å². The van der Waals surface area contributed by atoms with Gasteiger partial charge >= 0.3 is 5.97 Å². The molecule has 0 amide bonds. The van der Waals surface area contributed by atoms with E-state index in [1.165, 1.54) is 0 Å². The predicted octanol–water partition coefficient (Wildman–Crippen LogP) is 3.71. The molecule has 0 N–H and O–H groups in total. The SMILES string of the molecule is O=C(CC(Br)c1ccccc1)OCC(=O)c1ccc2c(c1)OCCO2. The van der Waals surface area contributed by atoms with E-state index >= 15 is 0 Å². The highest BCUT2D eigenvalue weighted by Gasteiger charge is 2.18. The second kappa shape index (κ2) is 8.16. The van der Waals surface area contributed by atoms with Crippen molar-refractivity contribution in [2.45, 2.75) is 11.2 Å². The van der Waals surface area contributed by atoms with Crippen LogP contribution in [0.1, 0.15) is 27.2 Å². The monoisotopic (exact) mass is 404 g/mol. The van der Waals surface area contributed by atoms with Gasteiger partial charge in [0.05, 0.1) is 6.42 Å². The van der Waals surface area contributed by atoms with Crippen LogP contribution in [0, 0.1) is 0 Å². The van der Waals surface area contributed by atoms with Crippen molar-refractivity contribution in [1.29, 1.82) is 0 Å². The number of ether oxygens (including phenoxy) is 3. The average molecular weight is 405 g/mol. The number of carbonyl (C=O) groups is 2. The summed E-state index contributed by atoms with van der Waals surface area (Å²) < 4.78 is 16.0. The highest BCUT2D eigenvalue weighted by molar-refractivity contribution is 9.09. The molecule has 0 aromatic heterocycles. The van der Waals surface area contributed by atoms with Crippen molar-refractivity contribution in [3.8, 4) is 11.5 Å². The van der Waals surface area contributed by atoms with Gasteiger partial charge in [-0.05, 0) is 23.8 Å². The van der Waals surface area contributed by atoms with E-state index in [4.69, 9.17) is 14.2 Å². The van der Waals surface area contributed by atoms with Crippen molar-refractivity contribution < 1.29 is 23.8 Å². The second-order valence-corrected chi connectivity index (χ2v) is 6.63. The topological polar surface area (TPSA) is 61.8 Å². The van der Waals surface area contributed by atoms with E-state index in [1.807, 2.05) is 30.3 Å². The number of ketones is 1. The van der Waals surface area contributed by atoms with Crippen molar-refractivity contribution in [3.63, 3.8) is 0 Å². The van der Waals surface area contributed by atoms with Gasteiger partial charge in [-0.3, -0.25) is 9.59 Å². The first-order valence-corrected chi connectivity index (χ1v) is 8.82. The Morgan fingerprint density at radius 2 is 1.76 bits per heavy atom. The first-order valence-electron chi connectivity index (χ1n) is 7.91. The molecule has 0 aliphatic carbocycles. The molecular weight excluding hydrogens is 388 g/mol. The molecule has 1 unspecified atom stereocenters. The Kier molecular flexibility index (Phi) is 5.71. The van der Waals surface area contributed by atoms with Crippen molar-refractivity contribution >= 4 is 27.7 Å². The van der Waals surface area contributed by atoms with Gasteiger partial charge in [0.1, 0.15) is 13.2 Å². The molecule has 0 radical (unpaired) electrons. The lowest BCUT2D eigenvalue weighted by Gasteiger charge is -2.18. The van der Waals surface area contributed by atoms with Crippen LogP contribution in [0.2, 0.25) is 0 Å². The number of benzene rings is 2. The summed E-state index contributed by atoms with van der Waals surface area (Å²) >= 11 is 3.46. The van der Waals surface area contributed by atoms with Crippen molar-refractivity contribution in [1.82, 2.24) is 0 Å². The molecule has 130 valence electrons. The Balaban J connectivity index is 1.52. The fraction of sp³-hybridized carbons (Fsp3) is 0.263. The lowest BCUT2D eigenvalue weighted by Crippen LogP contribution is -2.17. The minimum atomic E-state index is -0.434. The molecule has 0 saturated heterocycles. The van der Waals surface area contributed by atoms with E-state index in [1.54, 1.807) is 18.2 Å². The summed E-state index contributed by atoms with van der Waals surface area (Å²) in [7, 11) is 0. The van der Waals surface area contributed by atoms with Gasteiger partial charge in [0.15, 0.2) is 23.9 Å². The average Bonchev–Trinajstić information content (AvgIpc) is 2.66. The van der Waals surface area contributed by atoms with Crippen LogP contribution < -0.4 is 9.47 Å². The Hall–Kier alpha value is -2.34. The molecular formula is C19H17BrO5. The third-order valence-electron chi connectivity index (χ3n) is 3.74. The van der Waals surface area contributed by atoms with Crippen molar-refractivity contribution in [2.75, 3.05) is 19.8 Å². The van der Waals surface area contributed by atoms with Crippen molar-refractivity contribution in [3.05, 3.63) is 59.7 Å². The number of alkyl halides is 1. The van der Waals surface area contributed by atoms with E-state index in [0.29, 0.717) is 30.3 Å². The Morgan fingerprint density at radius 3 is 2.52 bits per heavy atom. The molecule has 0 fully saturated rings. The minimum absolute atomic E-state index is 0.148. The highest BCUT2D eigenvalue weighted by Crippen LogP contribution is 2.31. The molecule has 25 heavy (non-hydrogen) atoms. The molecule has 1 atom stereocenters. The van der Waals surface area contributed by atoms with Gasteiger partial charge in [-0.25, -0.2) is 0 Å². The number of hydrogen-bond donors (Lipinski definition) is 0. The van der Waals surface area contributed by atoms with Crippen LogP contribution in [-0.4, -0.2) is 31.6 Å². The van der Waals surface area contributed by atoms with E-state index in [9.17, 15) is 9.59 Å². The van der Waals surface area contributed by atoms with Crippen LogP contribution in [0.25, 0.3) is 0 Å². The lowest BCUT2D eigenvalue weighted by molar-refractivity contribution is -0.142. The molecule has 0 bridgehead atoms. The third kappa shape index (κ3) is 4.60. The summed E-state index contributed by atoms with van der Waals surface area (Å²) in [5, 5.41) is 0. The molecule has 1 heterocycles. The molecule has 1 aliphatic rings. The molecule has 5 nitrogen and oxygen atoms in total. The molecule has 1 aliphatic heterocycles. The smallest absolute Gasteiger partial charge is 0.307 e. The summed E-state index contributed by atoms with van der Waals surface area (Å²) in [6.07, 6.45) is 0.151. The maximum Gasteiger partial charge on any atom is 0.307 e. The molecule has 0 spiro atoms. The lowest BCUT2D eigenvalue weighted by atomic mass is 10.1. The minimum Gasteiger partial charge on any atom is -0.486 e. The van der Waals surface area contributed by atoms with Gasteiger partial charge in [-0.2, -0.15) is 0 Å². The molecule has 6 heteroatoms. The van der Waals surface area contributed by atoms with Crippen LogP contribution in [0.15, 0.2) is 48.5 Å². The number of rotatable bonds is 6. The molecule has 0 saturated carbocycles. The summed E-state index contributed by atoms with van der Waals surface area (Å²) in [4.78, 5) is 24.0.